The summed E-state index contributed by atoms with van der Waals surface area (Å²) in [7, 11) is 1.22. The maximum Gasteiger partial charge on any atom is 0.256 e. The Balaban J connectivity index is 1.90. The largest absolute Gasteiger partial charge is 0.493 e. The summed E-state index contributed by atoms with van der Waals surface area (Å²) in [4.78, 5) is 14.4. The number of ether oxygens (including phenoxy) is 2. The van der Waals surface area contributed by atoms with Crippen LogP contribution in [0.1, 0.15) is 62.5 Å². The van der Waals surface area contributed by atoms with E-state index < -0.39 is 72.4 Å². The first kappa shape index (κ1) is 11.6. The monoisotopic (exact) mass is 472 g/mol. The van der Waals surface area contributed by atoms with Crippen LogP contribution >= 0.6 is 15.9 Å². The van der Waals surface area contributed by atoms with Crippen LogP contribution in [0.4, 0.5) is 5.69 Å². The van der Waals surface area contributed by atoms with Crippen molar-refractivity contribution in [3.05, 3.63) is 30.3 Å². The maximum absolute atomic E-state index is 14.1. The Morgan fingerprint density at radius 3 is 3.07 bits per heavy atom. The van der Waals surface area contributed by atoms with Gasteiger partial charge in [-0.3, -0.25) is 4.79 Å². The van der Waals surface area contributed by atoms with E-state index in [-0.39, 0.29) is 24.5 Å². The van der Waals surface area contributed by atoms with E-state index in [0.29, 0.717) is 11.3 Å². The summed E-state index contributed by atoms with van der Waals surface area (Å²) in [6.07, 6.45) is -1.76. The van der Waals surface area contributed by atoms with Gasteiger partial charge in [-0.1, -0.05) is 22.0 Å². The highest BCUT2D eigenvalue weighted by molar-refractivity contribution is 9.09. The third kappa shape index (κ3) is 4.00. The van der Waals surface area contributed by atoms with Crippen molar-refractivity contribution in [2.75, 3.05) is 37.4 Å². The lowest BCUT2D eigenvalue weighted by atomic mass is 9.98. The number of nitrogens with zero attached hydrogens (tertiary/aromatic N) is 1. The molecule has 1 spiro atoms. The van der Waals surface area contributed by atoms with Gasteiger partial charge < -0.3 is 19.7 Å². The molecule has 4 rings (SSSR count). The minimum absolute atomic E-state index is 0.0439. The number of hydrogen-bond donors (Lipinski definition) is 1. The van der Waals surface area contributed by atoms with Crippen LogP contribution in [0.3, 0.4) is 0 Å². The number of alkyl halides is 1. The molecule has 0 radical (unpaired) electrons. The Bertz CT molecular complexity index is 1200. The summed E-state index contributed by atoms with van der Waals surface area (Å²) in [5.74, 6) is -2.84. The predicted octanol–water partition coefficient (Wildman–Crippen LogP) is 4.86. The third-order valence-corrected chi connectivity index (χ3v) is 5.64. The zero-order valence-corrected chi connectivity index (χ0v) is 17.8. The highest BCUT2D eigenvalue weighted by atomic mass is 79.9. The van der Waals surface area contributed by atoms with Crippen molar-refractivity contribution < 1.29 is 28.0 Å². The normalized spacial score (nSPS) is 42.4. The first-order chi connectivity index (χ1) is 18.1. The molecule has 1 saturated carbocycles. The molecular weight excluding hydrogens is 432 g/mol. The van der Waals surface area contributed by atoms with Gasteiger partial charge in [-0.25, -0.2) is 0 Å². The van der Waals surface area contributed by atoms with Gasteiger partial charge in [0, 0.05) is 35.9 Å². The number of nitrogens with one attached hydrogen (secondary N) is 1. The molecular formula is C23H31BrN2O3. The number of unbranched alkanes of at least 4 members (excludes halogenated alkanes) is 2. The molecule has 158 valence electrons. The molecule has 1 saturated heterocycles. The molecule has 4 atom stereocenters. The summed E-state index contributed by atoms with van der Waals surface area (Å²) in [6.45, 7) is -1.40. The molecule has 5 nitrogen and oxygen atoms in total. The second kappa shape index (κ2) is 8.58. The summed E-state index contributed by atoms with van der Waals surface area (Å²) >= 11 is 3.34. The van der Waals surface area contributed by atoms with Crippen LogP contribution in [-0.4, -0.2) is 48.9 Å². The standard InChI is InChI=1S/C23H31BrN2O3/c1-3-7-16-12-23(16)13-17-14-25-19-11-21(29-9-6-4-5-8-24)20(28-2)10-18(19)22(27)26(17)15-23/h3,10-11,16-17,25H,1,4-9,12-15H2,2H3/t16?,17-,23?/m0/s1/i10D,11D,12D2,13D2,14D2,15D,17D/t15?,16?,17-,23?. The topological polar surface area (TPSA) is 50.8 Å². The lowest BCUT2D eigenvalue weighted by Crippen LogP contribution is -2.37. The average molecular weight is 473 g/mol. The fourth-order valence-corrected chi connectivity index (χ4v) is 3.87. The van der Waals surface area contributed by atoms with Crippen LogP contribution in [0.25, 0.3) is 0 Å². The molecule has 29 heavy (non-hydrogen) atoms. The molecule has 1 N–H and O–H groups in total. The molecule has 1 aromatic carbocycles. The number of allylic oxidation sites excluding steroid dienone is 1. The van der Waals surface area contributed by atoms with Crippen molar-refractivity contribution in [1.82, 2.24) is 4.90 Å². The average Bonchev–Trinajstić information content (AvgIpc) is 3.33. The van der Waals surface area contributed by atoms with E-state index in [2.05, 4.69) is 27.8 Å². The van der Waals surface area contributed by atoms with Gasteiger partial charge in [0.25, 0.3) is 5.91 Å². The van der Waals surface area contributed by atoms with Crippen molar-refractivity contribution in [2.24, 2.45) is 11.3 Å². The molecule has 2 aliphatic heterocycles. The minimum atomic E-state index is -3.14. The number of hydrogen-bond acceptors (Lipinski definition) is 4. The van der Waals surface area contributed by atoms with E-state index in [0.717, 1.165) is 18.2 Å². The molecule has 0 bridgehead atoms. The van der Waals surface area contributed by atoms with E-state index in [1.807, 2.05) is 0 Å². The molecule has 3 aliphatic rings. The molecule has 0 aromatic heterocycles. The lowest BCUT2D eigenvalue weighted by molar-refractivity contribution is 0.0743. The van der Waals surface area contributed by atoms with Gasteiger partial charge in [0.05, 0.1) is 33.2 Å². The van der Waals surface area contributed by atoms with Gasteiger partial charge in [0.1, 0.15) is 0 Å². The molecule has 1 amide bonds. The van der Waals surface area contributed by atoms with Gasteiger partial charge in [-0.15, -0.1) is 6.58 Å². The Hall–Kier alpha value is -1.69. The summed E-state index contributed by atoms with van der Waals surface area (Å²) < 4.78 is 99.2. The number of halogens is 1. The highest BCUT2D eigenvalue weighted by Crippen LogP contribution is 2.62. The van der Waals surface area contributed by atoms with E-state index in [1.165, 1.54) is 13.2 Å². The first-order valence-corrected chi connectivity index (χ1v) is 10.7. The van der Waals surface area contributed by atoms with Crippen molar-refractivity contribution in [2.45, 2.75) is 44.4 Å². The van der Waals surface area contributed by atoms with Crippen molar-refractivity contribution in [3.8, 4) is 11.5 Å². The first-order valence-electron chi connectivity index (χ1n) is 14.7. The molecule has 3 unspecified atom stereocenters. The van der Waals surface area contributed by atoms with Crippen molar-refractivity contribution >= 4 is 27.5 Å². The van der Waals surface area contributed by atoms with Crippen molar-refractivity contribution in [1.29, 1.82) is 0 Å². The fourth-order valence-electron chi connectivity index (χ4n) is 3.47. The van der Waals surface area contributed by atoms with Gasteiger partial charge in [0.2, 0.25) is 0 Å². The van der Waals surface area contributed by atoms with Crippen LogP contribution < -0.4 is 14.8 Å². The van der Waals surface area contributed by atoms with E-state index in [1.54, 1.807) is 0 Å². The fraction of sp³-hybridized carbons (Fsp3) is 0.609. The second-order valence-electron chi connectivity index (χ2n) is 7.08. The number of anilines is 1. The lowest BCUT2D eigenvalue weighted by Gasteiger charge is -2.21. The zero-order chi connectivity index (χ0) is 29.3. The Kier molecular flexibility index (Phi) is 3.44. The summed E-state index contributed by atoms with van der Waals surface area (Å²) in [5.41, 5.74) is -3.29. The smallest absolute Gasteiger partial charge is 0.256 e. The van der Waals surface area contributed by atoms with Gasteiger partial charge in [0.15, 0.2) is 11.5 Å². The van der Waals surface area contributed by atoms with Crippen LogP contribution in [0.5, 0.6) is 11.5 Å². The van der Waals surface area contributed by atoms with Crippen LogP contribution in [0.15, 0.2) is 24.7 Å². The predicted molar refractivity (Wildman–Crippen MR) is 119 cm³/mol. The number of carbonyl (C=O) groups excluding carboxylic acids is 1. The van der Waals surface area contributed by atoms with E-state index >= 15 is 0 Å². The van der Waals surface area contributed by atoms with Crippen LogP contribution in [-0.2, 0) is 0 Å². The summed E-state index contributed by atoms with van der Waals surface area (Å²) in [6, 6.07) is -4.23. The number of rotatable bonds is 9. The molecule has 2 heterocycles. The molecule has 1 aromatic rings. The quantitative estimate of drug-likeness (QED) is 0.316. The second-order valence-corrected chi connectivity index (χ2v) is 7.87. The maximum atomic E-state index is 14.1. The SMILES string of the molecule is [2H]c1c2c(c([2H])c(OC)c1OCCCCCBr)C(=O)N1C([2H])C3(C(CC=C)C3([2H])[2H])C([2H])([2H])[C@@]1([2H])C([2H])([2H])N2. The molecule has 1 aliphatic carbocycles. The Labute approximate surface area is 196 Å². The number of carbonyl (C=O) groups is 1. The molecule has 6 heteroatoms. The minimum Gasteiger partial charge on any atom is -0.493 e. The number of amides is 1. The summed E-state index contributed by atoms with van der Waals surface area (Å²) in [5, 5.41) is 3.15. The zero-order valence-electron chi connectivity index (χ0n) is 26.2. The van der Waals surface area contributed by atoms with Gasteiger partial charge in [-0.2, -0.15) is 0 Å². The van der Waals surface area contributed by atoms with Crippen molar-refractivity contribution in [3.63, 3.8) is 0 Å². The Morgan fingerprint density at radius 1 is 1.45 bits per heavy atom. The molecule has 2 fully saturated rings. The van der Waals surface area contributed by atoms with Gasteiger partial charge >= 0.3 is 0 Å². The Morgan fingerprint density at radius 2 is 2.31 bits per heavy atom. The third-order valence-electron chi connectivity index (χ3n) is 5.08. The van der Waals surface area contributed by atoms with E-state index in [9.17, 15) is 6.17 Å². The number of benzene rings is 1. The van der Waals surface area contributed by atoms with E-state index in [4.69, 9.17) is 21.8 Å². The van der Waals surface area contributed by atoms with Gasteiger partial charge in [-0.05, 0) is 55.8 Å². The van der Waals surface area contributed by atoms with Crippen LogP contribution in [0.2, 0.25) is 0 Å². The number of fused-ring (bicyclic) bond motifs is 2. The highest BCUT2D eigenvalue weighted by Gasteiger charge is 2.60. The number of methoxy groups -OCH3 is 1. The van der Waals surface area contributed by atoms with Crippen LogP contribution in [0, 0.1) is 11.3 Å².